The fourth-order valence-corrected chi connectivity index (χ4v) is 1.95. The van der Waals surface area contributed by atoms with E-state index in [9.17, 15) is 0 Å². The molecule has 0 aromatic carbocycles. The van der Waals surface area contributed by atoms with Crippen molar-refractivity contribution in [2.45, 2.75) is 38.1 Å². The highest BCUT2D eigenvalue weighted by atomic mass is 16.5. The van der Waals surface area contributed by atoms with Gasteiger partial charge >= 0.3 is 0 Å². The molecule has 0 amide bonds. The second-order valence-electron chi connectivity index (χ2n) is 3.60. The molecule has 0 aromatic heterocycles. The minimum Gasteiger partial charge on any atom is -0.363 e. The summed E-state index contributed by atoms with van der Waals surface area (Å²) in [6.07, 6.45) is 5.34. The highest BCUT2D eigenvalue weighted by Gasteiger charge is 2.28. The number of ether oxygens (including phenoxy) is 2. The Morgan fingerprint density at radius 1 is 1.00 bits per heavy atom. The van der Waals surface area contributed by atoms with E-state index >= 15 is 0 Å². The Balaban J connectivity index is 1.84. The van der Waals surface area contributed by atoms with Gasteiger partial charge < -0.3 is 9.47 Å². The monoisotopic (exact) mass is 171 g/mol. The highest BCUT2D eigenvalue weighted by molar-refractivity contribution is 4.71. The Hall–Kier alpha value is -0.120. The van der Waals surface area contributed by atoms with Crippen LogP contribution in [0, 0.1) is 0 Å². The van der Waals surface area contributed by atoms with Crippen molar-refractivity contribution in [3.63, 3.8) is 0 Å². The summed E-state index contributed by atoms with van der Waals surface area (Å²) in [7, 11) is 2.10. The van der Waals surface area contributed by atoms with Crippen LogP contribution in [0.4, 0.5) is 0 Å². The second kappa shape index (κ2) is 3.73. The van der Waals surface area contributed by atoms with Gasteiger partial charge in [-0.05, 0) is 32.7 Å². The van der Waals surface area contributed by atoms with Crippen molar-refractivity contribution >= 4 is 0 Å². The zero-order valence-electron chi connectivity index (χ0n) is 7.66. The molecule has 2 fully saturated rings. The van der Waals surface area contributed by atoms with E-state index in [1.807, 2.05) is 0 Å². The van der Waals surface area contributed by atoms with Gasteiger partial charge in [0.25, 0.3) is 0 Å². The molecule has 2 unspecified atom stereocenters. The Morgan fingerprint density at radius 3 is 1.83 bits per heavy atom. The van der Waals surface area contributed by atoms with Crippen LogP contribution < -0.4 is 0 Å². The fourth-order valence-electron chi connectivity index (χ4n) is 1.95. The van der Waals surface area contributed by atoms with Crippen LogP contribution in [0.3, 0.4) is 0 Å². The van der Waals surface area contributed by atoms with Crippen LogP contribution in [-0.4, -0.2) is 37.6 Å². The van der Waals surface area contributed by atoms with Crippen molar-refractivity contribution < 1.29 is 9.47 Å². The average molecular weight is 171 g/mol. The van der Waals surface area contributed by atoms with E-state index in [-0.39, 0.29) is 0 Å². The van der Waals surface area contributed by atoms with Gasteiger partial charge in [-0.15, -0.1) is 0 Å². The first-order chi connectivity index (χ1) is 5.88. The molecule has 2 aliphatic heterocycles. The van der Waals surface area contributed by atoms with Gasteiger partial charge in [0.1, 0.15) is 12.5 Å². The number of nitrogens with zero attached hydrogens (tertiary/aromatic N) is 1. The van der Waals surface area contributed by atoms with Gasteiger partial charge in [-0.3, -0.25) is 4.90 Å². The Kier molecular flexibility index (Phi) is 2.63. The SMILES string of the molecule is CN(C1CCCO1)C1CCCO1. The van der Waals surface area contributed by atoms with Crippen molar-refractivity contribution in [2.24, 2.45) is 0 Å². The van der Waals surface area contributed by atoms with Crippen LogP contribution in [0.1, 0.15) is 25.7 Å². The molecule has 0 spiro atoms. The van der Waals surface area contributed by atoms with E-state index in [1.165, 1.54) is 12.8 Å². The summed E-state index contributed by atoms with van der Waals surface area (Å²) in [5.74, 6) is 0. The van der Waals surface area contributed by atoms with Crippen LogP contribution in [0.2, 0.25) is 0 Å². The zero-order valence-corrected chi connectivity index (χ0v) is 7.66. The largest absolute Gasteiger partial charge is 0.363 e. The summed E-state index contributed by atoms with van der Waals surface area (Å²) in [4.78, 5) is 2.24. The lowest BCUT2D eigenvalue weighted by atomic mass is 10.3. The van der Waals surface area contributed by atoms with Crippen LogP contribution in [0.5, 0.6) is 0 Å². The molecule has 0 bridgehead atoms. The lowest BCUT2D eigenvalue weighted by Gasteiger charge is -2.28. The number of hydrogen-bond donors (Lipinski definition) is 0. The van der Waals surface area contributed by atoms with Crippen LogP contribution in [-0.2, 0) is 9.47 Å². The highest BCUT2D eigenvalue weighted by Crippen LogP contribution is 2.22. The summed E-state index contributed by atoms with van der Waals surface area (Å²) in [6.45, 7) is 1.84. The predicted octanol–water partition coefficient (Wildman–Crippen LogP) is 1.19. The summed E-state index contributed by atoms with van der Waals surface area (Å²) >= 11 is 0. The zero-order chi connectivity index (χ0) is 8.39. The number of rotatable bonds is 2. The minimum absolute atomic E-state index is 0.313. The van der Waals surface area contributed by atoms with Gasteiger partial charge in [0, 0.05) is 13.2 Å². The molecule has 70 valence electrons. The van der Waals surface area contributed by atoms with Crippen LogP contribution in [0.15, 0.2) is 0 Å². The molecule has 0 saturated carbocycles. The minimum atomic E-state index is 0.313. The van der Waals surface area contributed by atoms with E-state index in [0.717, 1.165) is 26.1 Å². The van der Waals surface area contributed by atoms with E-state index in [2.05, 4.69) is 11.9 Å². The summed E-state index contributed by atoms with van der Waals surface area (Å²) < 4.78 is 11.1. The Morgan fingerprint density at radius 2 is 1.50 bits per heavy atom. The summed E-state index contributed by atoms with van der Waals surface area (Å²) in [5, 5.41) is 0. The molecule has 3 heteroatoms. The molecule has 2 heterocycles. The van der Waals surface area contributed by atoms with E-state index < -0.39 is 0 Å². The van der Waals surface area contributed by atoms with Crippen molar-refractivity contribution in [1.29, 1.82) is 0 Å². The molecule has 0 N–H and O–H groups in total. The van der Waals surface area contributed by atoms with Gasteiger partial charge in [-0.1, -0.05) is 0 Å². The normalized spacial score (nSPS) is 36.5. The van der Waals surface area contributed by atoms with E-state index in [1.54, 1.807) is 0 Å². The maximum Gasteiger partial charge on any atom is 0.112 e. The molecule has 2 saturated heterocycles. The van der Waals surface area contributed by atoms with Crippen molar-refractivity contribution in [3.8, 4) is 0 Å². The van der Waals surface area contributed by atoms with Gasteiger partial charge in [-0.2, -0.15) is 0 Å². The first-order valence-electron chi connectivity index (χ1n) is 4.83. The second-order valence-corrected chi connectivity index (χ2v) is 3.60. The first-order valence-corrected chi connectivity index (χ1v) is 4.83. The topological polar surface area (TPSA) is 21.7 Å². The van der Waals surface area contributed by atoms with Crippen molar-refractivity contribution in [2.75, 3.05) is 20.3 Å². The van der Waals surface area contributed by atoms with E-state index in [4.69, 9.17) is 9.47 Å². The Labute approximate surface area is 73.6 Å². The average Bonchev–Trinajstić information content (AvgIpc) is 2.77. The molecule has 0 radical (unpaired) electrons. The maximum absolute atomic E-state index is 5.57. The molecule has 2 atom stereocenters. The first kappa shape index (κ1) is 8.48. The third-order valence-corrected chi connectivity index (χ3v) is 2.72. The molecule has 2 aliphatic rings. The smallest absolute Gasteiger partial charge is 0.112 e. The molecular weight excluding hydrogens is 154 g/mol. The molecule has 3 nitrogen and oxygen atoms in total. The van der Waals surface area contributed by atoms with Gasteiger partial charge in [-0.25, -0.2) is 0 Å². The summed E-state index contributed by atoms with van der Waals surface area (Å²) in [5.41, 5.74) is 0. The molecule has 2 rings (SSSR count). The fraction of sp³-hybridized carbons (Fsp3) is 1.00. The molecule has 12 heavy (non-hydrogen) atoms. The standard InChI is InChI=1S/C9H17NO2/c1-10(8-4-2-6-11-8)9-5-3-7-12-9/h8-9H,2-7H2,1H3. The van der Waals surface area contributed by atoms with Crippen molar-refractivity contribution in [1.82, 2.24) is 4.90 Å². The van der Waals surface area contributed by atoms with E-state index in [0.29, 0.717) is 12.5 Å². The predicted molar refractivity (Wildman–Crippen MR) is 45.7 cm³/mol. The Bertz CT molecular complexity index is 123. The van der Waals surface area contributed by atoms with Crippen molar-refractivity contribution in [3.05, 3.63) is 0 Å². The summed E-state index contributed by atoms with van der Waals surface area (Å²) in [6, 6.07) is 0. The molecular formula is C9H17NO2. The van der Waals surface area contributed by atoms with Gasteiger partial charge in [0.2, 0.25) is 0 Å². The lowest BCUT2D eigenvalue weighted by molar-refractivity contribution is -0.102. The van der Waals surface area contributed by atoms with Crippen LogP contribution >= 0.6 is 0 Å². The maximum atomic E-state index is 5.57. The third kappa shape index (κ3) is 1.63. The van der Waals surface area contributed by atoms with Gasteiger partial charge in [0.15, 0.2) is 0 Å². The van der Waals surface area contributed by atoms with Crippen LogP contribution in [0.25, 0.3) is 0 Å². The van der Waals surface area contributed by atoms with Gasteiger partial charge in [0.05, 0.1) is 0 Å². The quantitative estimate of drug-likeness (QED) is 0.623. The lowest BCUT2D eigenvalue weighted by Crippen LogP contribution is -2.39. The molecule has 0 aliphatic carbocycles. The number of hydrogen-bond acceptors (Lipinski definition) is 3. The third-order valence-electron chi connectivity index (χ3n) is 2.72. The molecule has 0 aromatic rings.